The van der Waals surface area contributed by atoms with Crippen molar-refractivity contribution in [2.45, 2.75) is 82.1 Å². The lowest BCUT2D eigenvalue weighted by atomic mass is 9.93. The number of hydrogen-bond acceptors (Lipinski definition) is 7. The van der Waals surface area contributed by atoms with Crippen molar-refractivity contribution < 1.29 is 22.7 Å². The van der Waals surface area contributed by atoms with Crippen molar-refractivity contribution in [1.82, 2.24) is 29.3 Å². The maximum atomic E-state index is 13.4. The van der Waals surface area contributed by atoms with Gasteiger partial charge in [0.2, 0.25) is 5.88 Å². The number of halogens is 3. The molecule has 1 atom stereocenters. The van der Waals surface area contributed by atoms with Gasteiger partial charge >= 0.3 is 6.18 Å². The molecule has 2 aliphatic heterocycles. The van der Waals surface area contributed by atoms with E-state index in [1.54, 1.807) is 29.1 Å². The second-order valence-corrected chi connectivity index (χ2v) is 12.8. The van der Waals surface area contributed by atoms with Gasteiger partial charge in [0, 0.05) is 49.0 Å². The van der Waals surface area contributed by atoms with Gasteiger partial charge < -0.3 is 9.64 Å². The van der Waals surface area contributed by atoms with Crippen LogP contribution >= 0.6 is 11.9 Å². The van der Waals surface area contributed by atoms with Gasteiger partial charge in [0.25, 0.3) is 5.91 Å². The number of aromatic nitrogens is 5. The molecule has 3 aliphatic rings. The van der Waals surface area contributed by atoms with E-state index in [9.17, 15) is 18.0 Å². The van der Waals surface area contributed by atoms with Crippen LogP contribution in [0.25, 0.3) is 5.82 Å². The number of anilines is 1. The monoisotopic (exact) mass is 589 g/mol. The summed E-state index contributed by atoms with van der Waals surface area (Å²) in [5.41, 5.74) is -1.26. The van der Waals surface area contributed by atoms with E-state index < -0.39 is 11.6 Å². The predicted octanol–water partition coefficient (Wildman–Crippen LogP) is 5.80. The van der Waals surface area contributed by atoms with Crippen LogP contribution in [0.15, 0.2) is 41.7 Å². The highest BCUT2D eigenvalue weighted by Crippen LogP contribution is 2.60. The van der Waals surface area contributed by atoms with Crippen LogP contribution in [0.5, 0.6) is 5.88 Å². The van der Waals surface area contributed by atoms with Gasteiger partial charge in [0.1, 0.15) is 10.8 Å². The lowest BCUT2D eigenvalue weighted by Gasteiger charge is -2.34. The Hall–Kier alpha value is -3.22. The zero-order valence-corrected chi connectivity index (χ0v) is 24.0. The molecule has 1 aliphatic carbocycles. The largest absolute Gasteiger partial charge is 0.477 e. The van der Waals surface area contributed by atoms with E-state index in [4.69, 9.17) is 9.72 Å². The average Bonchev–Trinajstić information content (AvgIpc) is 3.23. The summed E-state index contributed by atoms with van der Waals surface area (Å²) in [4.78, 5) is 20.5. The van der Waals surface area contributed by atoms with Crippen molar-refractivity contribution in [3.05, 3.63) is 42.2 Å². The van der Waals surface area contributed by atoms with Crippen molar-refractivity contribution in [3.63, 3.8) is 0 Å². The quantitative estimate of drug-likeness (QED) is 0.287. The number of hydrogen-bond donors (Lipinski definition) is 1. The van der Waals surface area contributed by atoms with E-state index in [1.807, 2.05) is 16.9 Å². The molecule has 220 valence electrons. The molecule has 1 saturated carbocycles. The Labute approximate surface area is 241 Å². The summed E-state index contributed by atoms with van der Waals surface area (Å²) in [5, 5.41) is 9.73. The van der Waals surface area contributed by atoms with Crippen molar-refractivity contribution in [3.8, 4) is 11.7 Å². The topological polar surface area (TPSA) is 90.1 Å². The maximum absolute atomic E-state index is 13.4. The number of fused-ring (bicyclic) bond motifs is 6. The normalized spacial score (nSPS) is 21.6. The van der Waals surface area contributed by atoms with Crippen LogP contribution < -0.4 is 14.4 Å². The third kappa shape index (κ3) is 5.77. The minimum atomic E-state index is -4.15. The molecule has 0 radical (unpaired) electrons. The third-order valence-corrected chi connectivity index (χ3v) is 9.20. The van der Waals surface area contributed by atoms with E-state index in [1.165, 1.54) is 11.9 Å². The number of nitrogens with zero attached hydrogens (tertiary/aromatic N) is 6. The number of ether oxygens (including phenoxy) is 1. The van der Waals surface area contributed by atoms with Crippen molar-refractivity contribution in [2.75, 3.05) is 18.1 Å². The fourth-order valence-electron chi connectivity index (χ4n) is 6.04. The Morgan fingerprint density at radius 2 is 1.98 bits per heavy atom. The first kappa shape index (κ1) is 27.9. The highest BCUT2D eigenvalue weighted by Gasteiger charge is 2.62. The van der Waals surface area contributed by atoms with Crippen LogP contribution in [-0.4, -0.2) is 55.3 Å². The molecular weight excluding hydrogens is 555 g/mol. The molecule has 1 unspecified atom stereocenters. The van der Waals surface area contributed by atoms with Crippen LogP contribution in [0.3, 0.4) is 0 Å². The summed E-state index contributed by atoms with van der Waals surface area (Å²) < 4.78 is 51.6. The Morgan fingerprint density at radius 3 is 2.76 bits per heavy atom. The number of aryl methyl sites for hydroxylation is 1. The summed E-state index contributed by atoms with van der Waals surface area (Å²) in [6, 6.07) is 7.06. The first-order valence-corrected chi connectivity index (χ1v) is 14.9. The number of carbonyl (C=O) groups excluding carboxylic acids is 1. The van der Waals surface area contributed by atoms with Gasteiger partial charge in [0.05, 0.1) is 17.6 Å². The summed E-state index contributed by atoms with van der Waals surface area (Å²) in [5.74, 6) is 1.63. The predicted molar refractivity (Wildman–Crippen MR) is 148 cm³/mol. The molecule has 1 saturated heterocycles. The SMILES string of the molecule is CC1(C)CC2CCCn3ccc(n3)SNC(=O)c3ccc(-n4ccc(OCCCC5(C(F)(F)F)CC5)n4)nc3N1C2. The van der Waals surface area contributed by atoms with E-state index in [2.05, 4.69) is 33.7 Å². The third-order valence-electron chi connectivity index (χ3n) is 8.49. The smallest absolute Gasteiger partial charge is 0.394 e. The van der Waals surface area contributed by atoms with E-state index in [0.29, 0.717) is 35.4 Å². The van der Waals surface area contributed by atoms with E-state index >= 15 is 0 Å². The second kappa shape index (κ2) is 10.6. The second-order valence-electron chi connectivity index (χ2n) is 12.0. The molecular formula is C28H34F3N7O2S. The highest BCUT2D eigenvalue weighted by molar-refractivity contribution is 7.97. The van der Waals surface area contributed by atoms with Crippen LogP contribution in [-0.2, 0) is 6.54 Å². The van der Waals surface area contributed by atoms with E-state index in [-0.39, 0.29) is 37.3 Å². The number of amides is 1. The van der Waals surface area contributed by atoms with Gasteiger partial charge in [-0.05, 0) is 82.9 Å². The molecule has 9 nitrogen and oxygen atoms in total. The highest BCUT2D eigenvalue weighted by atomic mass is 32.2. The molecule has 3 aromatic rings. The van der Waals surface area contributed by atoms with E-state index in [0.717, 1.165) is 37.4 Å². The lowest BCUT2D eigenvalue weighted by Crippen LogP contribution is -2.40. The standard InChI is InChI=1S/C28H34F3N7O2S/c1-26(2)17-19-5-3-13-36-14-9-23(34-36)41-35-25(39)20-6-7-21(32-24(20)37(26)18-19)38-15-8-22(33-38)40-16-4-10-27(11-12-27)28(29,30)31/h6-9,14-15,19H,3-5,10-13,16-18H2,1-2H3,(H,35,39). The number of carbonyl (C=O) groups is 1. The zero-order valence-electron chi connectivity index (χ0n) is 23.2. The molecule has 4 bridgehead atoms. The molecule has 41 heavy (non-hydrogen) atoms. The Kier molecular flexibility index (Phi) is 7.19. The van der Waals surface area contributed by atoms with Gasteiger partial charge in [-0.3, -0.25) is 14.2 Å². The summed E-state index contributed by atoms with van der Waals surface area (Å²) in [7, 11) is 0. The number of pyridine rings is 1. The fraction of sp³-hybridized carbons (Fsp3) is 0.571. The molecule has 0 aromatic carbocycles. The molecule has 2 fully saturated rings. The van der Waals surface area contributed by atoms with Crippen molar-refractivity contribution in [2.24, 2.45) is 11.3 Å². The molecule has 0 spiro atoms. The van der Waals surface area contributed by atoms with Gasteiger partial charge in [0.15, 0.2) is 5.82 Å². The van der Waals surface area contributed by atoms with Gasteiger partial charge in [-0.25, -0.2) is 9.67 Å². The van der Waals surface area contributed by atoms with Gasteiger partial charge in [-0.2, -0.15) is 18.3 Å². The molecule has 13 heteroatoms. The summed E-state index contributed by atoms with van der Waals surface area (Å²) in [6.07, 6.45) is 3.31. The minimum absolute atomic E-state index is 0.0679. The van der Waals surface area contributed by atoms with Crippen molar-refractivity contribution in [1.29, 1.82) is 0 Å². The maximum Gasteiger partial charge on any atom is 0.394 e. The molecule has 1 N–H and O–H groups in total. The molecule has 6 rings (SSSR count). The molecule has 1 amide bonds. The first-order chi connectivity index (χ1) is 19.5. The van der Waals surface area contributed by atoms with Crippen LogP contribution in [0, 0.1) is 11.3 Å². The summed E-state index contributed by atoms with van der Waals surface area (Å²) >= 11 is 1.18. The Bertz CT molecular complexity index is 1420. The van der Waals surface area contributed by atoms with Gasteiger partial charge in [-0.1, -0.05) is 0 Å². The first-order valence-electron chi connectivity index (χ1n) is 14.1. The Balaban J connectivity index is 1.21. The number of alkyl halides is 3. The minimum Gasteiger partial charge on any atom is -0.477 e. The van der Waals surface area contributed by atoms with Gasteiger partial charge in [-0.15, -0.1) is 5.10 Å². The van der Waals surface area contributed by atoms with Crippen LogP contribution in [0.4, 0.5) is 19.0 Å². The fourth-order valence-corrected chi connectivity index (χ4v) is 6.63. The molecule has 3 aromatic heterocycles. The Morgan fingerprint density at radius 1 is 1.15 bits per heavy atom. The molecule has 5 heterocycles. The van der Waals surface area contributed by atoms with Crippen molar-refractivity contribution >= 4 is 23.7 Å². The zero-order chi connectivity index (χ0) is 28.8. The lowest BCUT2D eigenvalue weighted by molar-refractivity contribution is -0.189. The average molecular weight is 590 g/mol. The van der Waals surface area contributed by atoms with Crippen LogP contribution in [0.1, 0.15) is 69.2 Å². The van der Waals surface area contributed by atoms with Crippen LogP contribution in [0.2, 0.25) is 0 Å². The number of nitrogens with one attached hydrogen (secondary N) is 1. The number of rotatable bonds is 6. The summed E-state index contributed by atoms with van der Waals surface area (Å²) in [6.45, 7) is 6.14.